The van der Waals surface area contributed by atoms with Crippen LogP contribution in [0, 0.1) is 0 Å². The fourth-order valence-electron chi connectivity index (χ4n) is 1.47. The molecular weight excluding hydrogens is 259 g/mol. The van der Waals surface area contributed by atoms with Crippen LogP contribution >= 0.6 is 23.2 Å². The lowest BCUT2D eigenvalue weighted by Gasteiger charge is -1.97. The van der Waals surface area contributed by atoms with Gasteiger partial charge in [0, 0.05) is 5.02 Å². The molecule has 0 saturated heterocycles. The third kappa shape index (κ3) is 3.20. The number of aromatic nitrogens is 2. The predicted octanol–water partition coefficient (Wildman–Crippen LogP) is 4.00. The van der Waals surface area contributed by atoms with E-state index in [1.54, 1.807) is 0 Å². The number of halogens is 2. The fraction of sp³-hybridized carbons (Fsp3) is 0.333. The molecule has 0 aliphatic rings. The maximum atomic E-state index is 6.03. The Labute approximate surface area is 110 Å². The molecule has 1 aromatic carbocycles. The fourth-order valence-corrected chi connectivity index (χ4v) is 1.77. The average molecular weight is 271 g/mol. The highest BCUT2D eigenvalue weighted by molar-refractivity contribution is 6.30. The Morgan fingerprint density at radius 2 is 2.24 bits per heavy atom. The van der Waals surface area contributed by atoms with Gasteiger partial charge in [-0.25, -0.2) is 0 Å². The quantitative estimate of drug-likeness (QED) is 0.789. The van der Waals surface area contributed by atoms with Crippen LogP contribution in [0.15, 0.2) is 28.8 Å². The molecule has 1 unspecified atom stereocenters. The van der Waals surface area contributed by atoms with E-state index >= 15 is 0 Å². The van der Waals surface area contributed by atoms with E-state index in [0.29, 0.717) is 23.2 Å². The van der Waals surface area contributed by atoms with E-state index in [1.165, 1.54) is 0 Å². The molecule has 0 aliphatic heterocycles. The van der Waals surface area contributed by atoms with Crippen LogP contribution < -0.4 is 0 Å². The van der Waals surface area contributed by atoms with E-state index in [0.717, 1.165) is 12.0 Å². The van der Waals surface area contributed by atoms with Crippen LogP contribution in [0.5, 0.6) is 0 Å². The Kier molecular flexibility index (Phi) is 4.02. The van der Waals surface area contributed by atoms with Gasteiger partial charge in [-0.15, -0.1) is 11.6 Å². The zero-order valence-corrected chi connectivity index (χ0v) is 10.9. The summed E-state index contributed by atoms with van der Waals surface area (Å²) in [5.41, 5.74) is 1.04. The molecule has 0 fully saturated rings. The molecule has 3 nitrogen and oxygen atoms in total. The van der Waals surface area contributed by atoms with Gasteiger partial charge in [-0.2, -0.15) is 4.98 Å². The molecule has 0 saturated carbocycles. The first kappa shape index (κ1) is 12.4. The minimum atomic E-state index is -0.188. The third-order valence-corrected chi connectivity index (χ3v) is 3.11. The lowest BCUT2D eigenvalue weighted by molar-refractivity contribution is 0.378. The van der Waals surface area contributed by atoms with Crippen molar-refractivity contribution in [3.05, 3.63) is 46.6 Å². The lowest BCUT2D eigenvalue weighted by Crippen LogP contribution is -1.92. The summed E-state index contributed by atoms with van der Waals surface area (Å²) in [6.45, 7) is 1.98. The van der Waals surface area contributed by atoms with Gasteiger partial charge in [0.25, 0.3) is 0 Å². The van der Waals surface area contributed by atoms with Crippen LogP contribution in [-0.2, 0) is 6.42 Å². The van der Waals surface area contributed by atoms with Crippen LogP contribution in [-0.4, -0.2) is 10.1 Å². The number of alkyl halides is 1. The third-order valence-electron chi connectivity index (χ3n) is 2.37. The number of hydrogen-bond acceptors (Lipinski definition) is 3. The summed E-state index contributed by atoms with van der Waals surface area (Å²) in [5, 5.41) is 4.37. The van der Waals surface area contributed by atoms with Crippen molar-refractivity contribution in [1.29, 1.82) is 0 Å². The number of benzene rings is 1. The first-order chi connectivity index (χ1) is 8.19. The Morgan fingerprint density at radius 3 is 2.94 bits per heavy atom. The molecule has 1 atom stereocenters. The van der Waals surface area contributed by atoms with Crippen molar-refractivity contribution >= 4 is 23.2 Å². The van der Waals surface area contributed by atoms with Gasteiger partial charge < -0.3 is 4.52 Å². The lowest BCUT2D eigenvalue weighted by atomic mass is 10.1. The Balaban J connectivity index is 2.11. The SMILES string of the molecule is CCC(Cl)c1noc(Cc2cccc(Cl)c2)n1. The van der Waals surface area contributed by atoms with E-state index in [4.69, 9.17) is 27.7 Å². The molecule has 90 valence electrons. The molecule has 0 radical (unpaired) electrons. The van der Waals surface area contributed by atoms with Gasteiger partial charge in [-0.1, -0.05) is 35.8 Å². The van der Waals surface area contributed by atoms with E-state index in [1.807, 2.05) is 31.2 Å². The van der Waals surface area contributed by atoms with Crippen LogP contribution in [0.25, 0.3) is 0 Å². The highest BCUT2D eigenvalue weighted by Gasteiger charge is 2.13. The van der Waals surface area contributed by atoms with Crippen LogP contribution in [0.1, 0.15) is 36.0 Å². The van der Waals surface area contributed by atoms with E-state index in [-0.39, 0.29) is 5.38 Å². The Bertz CT molecular complexity index is 499. The summed E-state index contributed by atoms with van der Waals surface area (Å²) < 4.78 is 5.14. The molecule has 0 N–H and O–H groups in total. The zero-order valence-electron chi connectivity index (χ0n) is 9.36. The maximum Gasteiger partial charge on any atom is 0.231 e. The van der Waals surface area contributed by atoms with Gasteiger partial charge in [0.05, 0.1) is 11.8 Å². The van der Waals surface area contributed by atoms with Crippen molar-refractivity contribution in [2.75, 3.05) is 0 Å². The van der Waals surface area contributed by atoms with Crippen LogP contribution in [0.4, 0.5) is 0 Å². The highest BCUT2D eigenvalue weighted by Crippen LogP contribution is 2.21. The van der Waals surface area contributed by atoms with Crippen molar-refractivity contribution < 1.29 is 4.52 Å². The molecule has 0 amide bonds. The molecule has 17 heavy (non-hydrogen) atoms. The maximum absolute atomic E-state index is 6.03. The summed E-state index contributed by atoms with van der Waals surface area (Å²) in [4.78, 5) is 4.25. The van der Waals surface area contributed by atoms with Gasteiger partial charge in [0.15, 0.2) is 5.82 Å². The summed E-state index contributed by atoms with van der Waals surface area (Å²) in [5.74, 6) is 1.10. The van der Waals surface area contributed by atoms with Crippen LogP contribution in [0.3, 0.4) is 0 Å². The van der Waals surface area contributed by atoms with E-state index < -0.39 is 0 Å². The number of rotatable bonds is 4. The standard InChI is InChI=1S/C12H12Cl2N2O/c1-2-10(14)12-15-11(17-16-12)7-8-4-3-5-9(13)6-8/h3-6,10H,2,7H2,1H3. The Hall–Kier alpha value is -1.06. The predicted molar refractivity (Wildman–Crippen MR) is 67.4 cm³/mol. The molecule has 0 spiro atoms. The molecule has 0 bridgehead atoms. The minimum Gasteiger partial charge on any atom is -0.339 e. The van der Waals surface area contributed by atoms with Crippen molar-refractivity contribution in [2.45, 2.75) is 25.1 Å². The summed E-state index contributed by atoms with van der Waals surface area (Å²) in [7, 11) is 0. The largest absolute Gasteiger partial charge is 0.339 e. The summed E-state index contributed by atoms with van der Waals surface area (Å²) >= 11 is 11.9. The van der Waals surface area contributed by atoms with Crippen molar-refractivity contribution in [1.82, 2.24) is 10.1 Å². The molecule has 2 rings (SSSR count). The smallest absolute Gasteiger partial charge is 0.231 e. The van der Waals surface area contributed by atoms with Crippen molar-refractivity contribution in [3.63, 3.8) is 0 Å². The molecule has 1 heterocycles. The first-order valence-electron chi connectivity index (χ1n) is 5.40. The monoisotopic (exact) mass is 270 g/mol. The van der Waals surface area contributed by atoms with Gasteiger partial charge in [0.2, 0.25) is 5.89 Å². The molecule has 2 aromatic rings. The number of nitrogens with zero attached hydrogens (tertiary/aromatic N) is 2. The van der Waals surface area contributed by atoms with Crippen molar-refractivity contribution in [3.8, 4) is 0 Å². The van der Waals surface area contributed by atoms with E-state index in [2.05, 4.69) is 10.1 Å². The second-order valence-electron chi connectivity index (χ2n) is 3.73. The summed E-state index contributed by atoms with van der Waals surface area (Å²) in [6.07, 6.45) is 1.35. The van der Waals surface area contributed by atoms with Gasteiger partial charge in [0.1, 0.15) is 0 Å². The molecular formula is C12H12Cl2N2O. The first-order valence-corrected chi connectivity index (χ1v) is 6.21. The second kappa shape index (κ2) is 5.52. The van der Waals surface area contributed by atoms with Gasteiger partial charge in [-0.3, -0.25) is 0 Å². The zero-order chi connectivity index (χ0) is 12.3. The topological polar surface area (TPSA) is 38.9 Å². The van der Waals surface area contributed by atoms with E-state index in [9.17, 15) is 0 Å². The molecule has 0 aliphatic carbocycles. The van der Waals surface area contributed by atoms with Crippen LogP contribution in [0.2, 0.25) is 5.02 Å². The normalized spacial score (nSPS) is 12.6. The second-order valence-corrected chi connectivity index (χ2v) is 4.69. The Morgan fingerprint density at radius 1 is 1.41 bits per heavy atom. The van der Waals surface area contributed by atoms with Crippen molar-refractivity contribution in [2.24, 2.45) is 0 Å². The highest BCUT2D eigenvalue weighted by atomic mass is 35.5. The van der Waals surface area contributed by atoms with Gasteiger partial charge in [-0.05, 0) is 24.1 Å². The molecule has 1 aromatic heterocycles. The average Bonchev–Trinajstić information content (AvgIpc) is 2.76. The molecule has 5 heteroatoms. The summed E-state index contributed by atoms with van der Waals surface area (Å²) in [6, 6.07) is 7.57. The minimum absolute atomic E-state index is 0.188. The van der Waals surface area contributed by atoms with Gasteiger partial charge >= 0.3 is 0 Å². The number of hydrogen-bond donors (Lipinski definition) is 0.